The number of methoxy groups -OCH3 is 1. The van der Waals surface area contributed by atoms with Crippen LogP contribution in [0.15, 0.2) is 11.2 Å². The van der Waals surface area contributed by atoms with Crippen LogP contribution in [0.25, 0.3) is 0 Å². The van der Waals surface area contributed by atoms with Gasteiger partial charge in [-0.25, -0.2) is 9.97 Å². The molecular weight excluding hydrogens is 234 g/mol. The van der Waals surface area contributed by atoms with Crippen LogP contribution in [0.1, 0.15) is 25.3 Å². The molecule has 0 fully saturated rings. The summed E-state index contributed by atoms with van der Waals surface area (Å²) in [6.07, 6.45) is 4.00. The van der Waals surface area contributed by atoms with Gasteiger partial charge in [0.2, 0.25) is 5.95 Å². The minimum absolute atomic E-state index is 0.728. The number of ether oxygens (including phenoxy) is 1. The summed E-state index contributed by atoms with van der Waals surface area (Å²) in [6, 6.07) is 0. The van der Waals surface area contributed by atoms with Crippen molar-refractivity contribution in [2.24, 2.45) is 0 Å². The fourth-order valence-corrected chi connectivity index (χ4v) is 2.15. The molecule has 1 rings (SSSR count). The van der Waals surface area contributed by atoms with Crippen molar-refractivity contribution in [2.45, 2.75) is 31.7 Å². The molecule has 5 heteroatoms. The Hall–Kier alpha value is -0.810. The van der Waals surface area contributed by atoms with E-state index >= 15 is 0 Å². The lowest BCUT2D eigenvalue weighted by molar-refractivity contribution is 0.200. The Morgan fingerprint density at radius 2 is 2.29 bits per heavy atom. The molecule has 0 unspecified atom stereocenters. The van der Waals surface area contributed by atoms with Crippen molar-refractivity contribution in [3.8, 4) is 0 Å². The van der Waals surface area contributed by atoms with Gasteiger partial charge in [-0.1, -0.05) is 6.92 Å². The first-order valence-corrected chi connectivity index (χ1v) is 6.95. The highest BCUT2D eigenvalue weighted by Gasteiger charge is 2.04. The lowest BCUT2D eigenvalue weighted by Crippen LogP contribution is -2.05. The molecule has 17 heavy (non-hydrogen) atoms. The molecule has 0 aromatic carbocycles. The first-order chi connectivity index (χ1) is 8.27. The van der Waals surface area contributed by atoms with Crippen molar-refractivity contribution in [2.75, 3.05) is 31.3 Å². The van der Waals surface area contributed by atoms with Crippen LogP contribution in [0.4, 0.5) is 5.95 Å². The molecule has 0 aliphatic carbocycles. The molecule has 0 spiro atoms. The average Bonchev–Trinajstić information content (AvgIpc) is 2.35. The normalized spacial score (nSPS) is 10.5. The number of thioether (sulfide) groups is 1. The smallest absolute Gasteiger partial charge is 0.223 e. The Morgan fingerprint density at radius 1 is 1.47 bits per heavy atom. The molecule has 0 aliphatic heterocycles. The number of hydrogen-bond donors (Lipinski definition) is 1. The quantitative estimate of drug-likeness (QED) is 0.440. The molecule has 0 atom stereocenters. The molecule has 4 nitrogen and oxygen atoms in total. The van der Waals surface area contributed by atoms with Crippen LogP contribution >= 0.6 is 11.8 Å². The summed E-state index contributed by atoms with van der Waals surface area (Å²) in [5, 5.41) is 4.27. The van der Waals surface area contributed by atoms with Gasteiger partial charge < -0.3 is 10.1 Å². The maximum atomic E-state index is 5.03. The molecule has 1 aromatic rings. The standard InChI is InChI=1S/C12H21N3OS/c1-4-6-13-12-14-9-10(2)11(15-12)17-8-5-7-16-3/h9H,4-8H2,1-3H3,(H,13,14,15). The van der Waals surface area contributed by atoms with Crippen LogP contribution in [-0.2, 0) is 4.74 Å². The van der Waals surface area contributed by atoms with E-state index in [1.54, 1.807) is 18.9 Å². The summed E-state index contributed by atoms with van der Waals surface area (Å²) < 4.78 is 5.03. The van der Waals surface area contributed by atoms with E-state index in [4.69, 9.17) is 4.74 Å². The number of aromatic nitrogens is 2. The van der Waals surface area contributed by atoms with E-state index in [0.717, 1.165) is 48.3 Å². The van der Waals surface area contributed by atoms with Gasteiger partial charge in [-0.15, -0.1) is 11.8 Å². The van der Waals surface area contributed by atoms with Crippen LogP contribution in [0.5, 0.6) is 0 Å². The third-order valence-corrected chi connectivity index (χ3v) is 3.37. The van der Waals surface area contributed by atoms with E-state index in [1.807, 2.05) is 13.1 Å². The monoisotopic (exact) mass is 255 g/mol. The van der Waals surface area contributed by atoms with E-state index in [1.165, 1.54) is 0 Å². The van der Waals surface area contributed by atoms with E-state index in [-0.39, 0.29) is 0 Å². The zero-order valence-corrected chi connectivity index (χ0v) is 11.6. The van der Waals surface area contributed by atoms with E-state index in [9.17, 15) is 0 Å². The fourth-order valence-electron chi connectivity index (χ4n) is 1.27. The Kier molecular flexibility index (Phi) is 6.96. The van der Waals surface area contributed by atoms with Crippen LogP contribution in [0.2, 0.25) is 0 Å². The van der Waals surface area contributed by atoms with Crippen LogP contribution in [-0.4, -0.2) is 36.0 Å². The molecule has 0 saturated heterocycles. The van der Waals surface area contributed by atoms with Crippen molar-refractivity contribution < 1.29 is 4.74 Å². The molecule has 1 aromatic heterocycles. The van der Waals surface area contributed by atoms with Gasteiger partial charge in [-0.05, 0) is 25.3 Å². The lowest BCUT2D eigenvalue weighted by atomic mass is 10.4. The van der Waals surface area contributed by atoms with Crippen molar-refractivity contribution in [3.63, 3.8) is 0 Å². The summed E-state index contributed by atoms with van der Waals surface area (Å²) in [7, 11) is 1.73. The second-order valence-electron chi connectivity index (χ2n) is 3.80. The Bertz CT molecular complexity index is 334. The minimum atomic E-state index is 0.728. The summed E-state index contributed by atoms with van der Waals surface area (Å²) in [5.74, 6) is 1.76. The molecule has 1 heterocycles. The minimum Gasteiger partial charge on any atom is -0.385 e. The summed E-state index contributed by atoms with van der Waals surface area (Å²) in [5.41, 5.74) is 1.13. The highest BCUT2D eigenvalue weighted by atomic mass is 32.2. The summed E-state index contributed by atoms with van der Waals surface area (Å²) in [4.78, 5) is 8.77. The molecule has 96 valence electrons. The predicted octanol–water partition coefficient (Wildman–Crippen LogP) is 2.74. The van der Waals surface area contributed by atoms with Gasteiger partial charge >= 0.3 is 0 Å². The molecule has 0 saturated carbocycles. The molecule has 1 N–H and O–H groups in total. The van der Waals surface area contributed by atoms with Gasteiger partial charge in [-0.3, -0.25) is 0 Å². The first kappa shape index (κ1) is 14.3. The van der Waals surface area contributed by atoms with Gasteiger partial charge in [0.1, 0.15) is 5.03 Å². The van der Waals surface area contributed by atoms with E-state index in [2.05, 4.69) is 22.2 Å². The van der Waals surface area contributed by atoms with E-state index < -0.39 is 0 Å². The fraction of sp³-hybridized carbons (Fsp3) is 0.667. The van der Waals surface area contributed by atoms with Gasteiger partial charge in [0, 0.05) is 32.2 Å². The van der Waals surface area contributed by atoms with E-state index in [0.29, 0.717) is 0 Å². The predicted molar refractivity (Wildman–Crippen MR) is 72.8 cm³/mol. The second-order valence-corrected chi connectivity index (χ2v) is 4.89. The average molecular weight is 255 g/mol. The number of anilines is 1. The van der Waals surface area contributed by atoms with Crippen molar-refractivity contribution in [1.82, 2.24) is 9.97 Å². The summed E-state index contributed by atoms with van der Waals surface area (Å²) in [6.45, 7) is 5.89. The lowest BCUT2D eigenvalue weighted by Gasteiger charge is -2.07. The number of aryl methyl sites for hydroxylation is 1. The Morgan fingerprint density at radius 3 is 3.00 bits per heavy atom. The molecular formula is C12H21N3OS. The van der Waals surface area contributed by atoms with Crippen molar-refractivity contribution in [3.05, 3.63) is 11.8 Å². The largest absolute Gasteiger partial charge is 0.385 e. The molecule has 0 bridgehead atoms. The number of hydrogen-bond acceptors (Lipinski definition) is 5. The highest BCUT2D eigenvalue weighted by Crippen LogP contribution is 2.21. The van der Waals surface area contributed by atoms with Crippen LogP contribution in [0.3, 0.4) is 0 Å². The Labute approximate surface area is 108 Å². The van der Waals surface area contributed by atoms with Crippen LogP contribution < -0.4 is 5.32 Å². The maximum Gasteiger partial charge on any atom is 0.223 e. The SMILES string of the molecule is CCCNc1ncc(C)c(SCCCOC)n1. The molecule has 0 radical (unpaired) electrons. The third kappa shape index (κ3) is 5.37. The van der Waals surface area contributed by atoms with Gasteiger partial charge in [0.15, 0.2) is 0 Å². The van der Waals surface area contributed by atoms with Gasteiger partial charge in [0.05, 0.1) is 0 Å². The molecule has 0 amide bonds. The number of rotatable bonds is 8. The highest BCUT2D eigenvalue weighted by molar-refractivity contribution is 7.99. The topological polar surface area (TPSA) is 47.0 Å². The Balaban J connectivity index is 2.50. The van der Waals surface area contributed by atoms with Crippen LogP contribution in [0, 0.1) is 6.92 Å². The molecule has 0 aliphatic rings. The third-order valence-electron chi connectivity index (χ3n) is 2.19. The zero-order valence-electron chi connectivity index (χ0n) is 10.8. The second kappa shape index (κ2) is 8.31. The number of nitrogens with one attached hydrogen (secondary N) is 1. The number of nitrogens with zero attached hydrogens (tertiary/aromatic N) is 2. The van der Waals surface area contributed by atoms with Crippen molar-refractivity contribution >= 4 is 17.7 Å². The zero-order chi connectivity index (χ0) is 12.5. The van der Waals surface area contributed by atoms with Gasteiger partial charge in [0.25, 0.3) is 0 Å². The van der Waals surface area contributed by atoms with Gasteiger partial charge in [-0.2, -0.15) is 0 Å². The van der Waals surface area contributed by atoms with Crippen molar-refractivity contribution in [1.29, 1.82) is 0 Å². The summed E-state index contributed by atoms with van der Waals surface area (Å²) >= 11 is 1.76. The maximum absolute atomic E-state index is 5.03. The first-order valence-electron chi connectivity index (χ1n) is 5.97.